The molecule has 4 nitrogen and oxygen atoms in total. The maximum Gasteiger partial charge on any atom is 0.160 e. The van der Waals surface area contributed by atoms with Gasteiger partial charge in [-0.3, -0.25) is 0 Å². The molecule has 1 aromatic carbocycles. The second kappa shape index (κ2) is 13.1. The largest absolute Gasteiger partial charge is 0.504 e. The van der Waals surface area contributed by atoms with Crippen molar-refractivity contribution in [1.29, 1.82) is 0 Å². The second-order valence-corrected chi connectivity index (χ2v) is 8.95. The van der Waals surface area contributed by atoms with Gasteiger partial charge < -0.3 is 20.7 Å². The summed E-state index contributed by atoms with van der Waals surface area (Å²) in [7, 11) is 0. The van der Waals surface area contributed by atoms with Crippen molar-refractivity contribution in [2.24, 2.45) is 17.6 Å². The number of aromatic hydroxyl groups is 1. The first-order valence-corrected chi connectivity index (χ1v) is 11.1. The van der Waals surface area contributed by atoms with Crippen LogP contribution in [0, 0.1) is 11.8 Å². The Hall–Kier alpha value is -1.26. The van der Waals surface area contributed by atoms with Gasteiger partial charge in [0.2, 0.25) is 0 Å². The molecule has 1 rings (SSSR count). The molecule has 0 aliphatic rings. The predicted octanol–water partition coefficient (Wildman–Crippen LogP) is 5.44. The highest BCUT2D eigenvalue weighted by Gasteiger charge is 2.21. The van der Waals surface area contributed by atoms with Crippen LogP contribution >= 0.6 is 0 Å². The summed E-state index contributed by atoms with van der Waals surface area (Å²) < 4.78 is 5.76. The van der Waals surface area contributed by atoms with E-state index in [1.165, 1.54) is 32.1 Å². The molecule has 162 valence electrons. The lowest BCUT2D eigenvalue weighted by Crippen LogP contribution is -2.43. The number of nitrogens with two attached hydrogens (primary N) is 1. The van der Waals surface area contributed by atoms with Crippen LogP contribution in [0.3, 0.4) is 0 Å². The molecule has 1 aromatic rings. The molecule has 0 fully saturated rings. The summed E-state index contributed by atoms with van der Waals surface area (Å²) in [5.41, 5.74) is 6.60. The van der Waals surface area contributed by atoms with Crippen molar-refractivity contribution in [2.45, 2.75) is 91.0 Å². The van der Waals surface area contributed by atoms with E-state index in [0.29, 0.717) is 18.8 Å². The quantitative estimate of drug-likeness (QED) is 0.347. The summed E-state index contributed by atoms with van der Waals surface area (Å²) in [6.45, 7) is 9.52. The van der Waals surface area contributed by atoms with Crippen LogP contribution in [0.2, 0.25) is 0 Å². The van der Waals surface area contributed by atoms with Crippen LogP contribution in [0.5, 0.6) is 11.5 Å². The van der Waals surface area contributed by atoms with Crippen LogP contribution < -0.4 is 10.5 Å². The number of ether oxygens (including phenoxy) is 1. The summed E-state index contributed by atoms with van der Waals surface area (Å²) in [6, 6.07) is 5.56. The van der Waals surface area contributed by atoms with E-state index in [4.69, 9.17) is 10.5 Å². The van der Waals surface area contributed by atoms with E-state index in [0.717, 1.165) is 36.7 Å². The second-order valence-electron chi connectivity index (χ2n) is 8.95. The number of unbranched alkanes of at least 4 members (excludes halogenated alkanes) is 1. The standard InChI is InChI=1S/C24H43NO3/c1-5-24(25,18-26)15-14-21-12-13-23(22(27)17-21)28-16-7-6-10-20(4)11-8-9-19(2)3/h12-13,17,19-20,26-27H,5-11,14-16,18,25H2,1-4H3/t20?,24-/m0/s1. The molecule has 0 heterocycles. The van der Waals surface area contributed by atoms with Crippen molar-refractivity contribution in [3.05, 3.63) is 23.8 Å². The molecule has 4 heteroatoms. The number of hydrogen-bond donors (Lipinski definition) is 3. The van der Waals surface area contributed by atoms with E-state index in [1.54, 1.807) is 6.07 Å². The Morgan fingerprint density at radius 1 is 1.07 bits per heavy atom. The van der Waals surface area contributed by atoms with E-state index in [-0.39, 0.29) is 12.4 Å². The van der Waals surface area contributed by atoms with E-state index in [2.05, 4.69) is 20.8 Å². The summed E-state index contributed by atoms with van der Waals surface area (Å²) in [5.74, 6) is 2.31. The van der Waals surface area contributed by atoms with Gasteiger partial charge in [-0.05, 0) is 61.6 Å². The van der Waals surface area contributed by atoms with Crippen LogP contribution in [-0.2, 0) is 6.42 Å². The Labute approximate surface area is 172 Å². The molecule has 1 unspecified atom stereocenters. The summed E-state index contributed by atoms with van der Waals surface area (Å²) in [6.07, 6.45) is 9.55. The monoisotopic (exact) mass is 393 g/mol. The summed E-state index contributed by atoms with van der Waals surface area (Å²) >= 11 is 0. The zero-order valence-corrected chi connectivity index (χ0v) is 18.5. The van der Waals surface area contributed by atoms with Gasteiger partial charge in [-0.2, -0.15) is 0 Å². The van der Waals surface area contributed by atoms with E-state index in [9.17, 15) is 10.2 Å². The van der Waals surface area contributed by atoms with E-state index in [1.807, 2.05) is 19.1 Å². The molecule has 0 radical (unpaired) electrons. The minimum atomic E-state index is -0.545. The van der Waals surface area contributed by atoms with Gasteiger partial charge in [0.15, 0.2) is 11.5 Å². The normalized spacial score (nSPS) is 14.8. The van der Waals surface area contributed by atoms with Crippen LogP contribution in [-0.4, -0.2) is 29.0 Å². The Balaban J connectivity index is 2.28. The van der Waals surface area contributed by atoms with Gasteiger partial charge in [0.1, 0.15) is 0 Å². The van der Waals surface area contributed by atoms with Gasteiger partial charge >= 0.3 is 0 Å². The van der Waals surface area contributed by atoms with Crippen molar-refractivity contribution in [2.75, 3.05) is 13.2 Å². The molecule has 4 N–H and O–H groups in total. The first-order chi connectivity index (χ1) is 13.3. The molecule has 0 saturated heterocycles. The number of phenols is 1. The molecular formula is C24H43NO3. The SMILES string of the molecule is CC[C@@](N)(CO)CCc1ccc(OCCCCC(C)CCCC(C)C)c(O)c1. The fraction of sp³-hybridized carbons (Fsp3) is 0.750. The van der Waals surface area contributed by atoms with Crippen LogP contribution in [0.25, 0.3) is 0 Å². The Kier molecular flexibility index (Phi) is 11.6. The molecule has 0 saturated carbocycles. The fourth-order valence-electron chi connectivity index (χ4n) is 3.40. The van der Waals surface area contributed by atoms with Gasteiger partial charge in [-0.15, -0.1) is 0 Å². The third-order valence-electron chi connectivity index (χ3n) is 5.78. The maximum absolute atomic E-state index is 10.2. The summed E-state index contributed by atoms with van der Waals surface area (Å²) in [5, 5.41) is 19.6. The minimum Gasteiger partial charge on any atom is -0.504 e. The topological polar surface area (TPSA) is 75.7 Å². The van der Waals surface area contributed by atoms with E-state index < -0.39 is 5.54 Å². The van der Waals surface area contributed by atoms with Crippen LogP contribution in [0.4, 0.5) is 0 Å². The van der Waals surface area contributed by atoms with Crippen LogP contribution in [0.15, 0.2) is 18.2 Å². The summed E-state index contributed by atoms with van der Waals surface area (Å²) in [4.78, 5) is 0. The van der Waals surface area contributed by atoms with Crippen molar-refractivity contribution in [1.82, 2.24) is 0 Å². The molecule has 0 aliphatic heterocycles. The molecule has 0 spiro atoms. The highest BCUT2D eigenvalue weighted by atomic mass is 16.5. The number of hydrogen-bond acceptors (Lipinski definition) is 4. The lowest BCUT2D eigenvalue weighted by Gasteiger charge is -2.25. The minimum absolute atomic E-state index is 0.0208. The highest BCUT2D eigenvalue weighted by molar-refractivity contribution is 5.41. The van der Waals surface area contributed by atoms with Gasteiger partial charge in [0.05, 0.1) is 13.2 Å². The van der Waals surface area contributed by atoms with Crippen LogP contribution in [0.1, 0.15) is 84.6 Å². The molecular weight excluding hydrogens is 350 g/mol. The van der Waals surface area contributed by atoms with Gasteiger partial charge in [-0.25, -0.2) is 0 Å². The van der Waals surface area contributed by atoms with Crippen molar-refractivity contribution >= 4 is 0 Å². The fourth-order valence-corrected chi connectivity index (χ4v) is 3.40. The number of aliphatic hydroxyl groups is 1. The number of phenolic OH excluding ortho intramolecular Hbond substituents is 1. The number of benzene rings is 1. The van der Waals surface area contributed by atoms with Crippen molar-refractivity contribution < 1.29 is 14.9 Å². The Morgan fingerprint density at radius 2 is 1.79 bits per heavy atom. The Morgan fingerprint density at radius 3 is 2.39 bits per heavy atom. The van der Waals surface area contributed by atoms with Gasteiger partial charge in [-0.1, -0.05) is 59.4 Å². The zero-order chi connectivity index (χ0) is 21.0. The number of aliphatic hydroxyl groups excluding tert-OH is 1. The first kappa shape index (κ1) is 24.8. The number of aryl methyl sites for hydroxylation is 1. The molecule has 0 bridgehead atoms. The van der Waals surface area contributed by atoms with Crippen molar-refractivity contribution in [3.8, 4) is 11.5 Å². The molecule has 2 atom stereocenters. The average molecular weight is 394 g/mol. The third kappa shape index (κ3) is 9.79. The van der Waals surface area contributed by atoms with Crippen molar-refractivity contribution in [3.63, 3.8) is 0 Å². The lowest BCUT2D eigenvalue weighted by atomic mass is 9.90. The molecule has 28 heavy (non-hydrogen) atoms. The highest BCUT2D eigenvalue weighted by Crippen LogP contribution is 2.28. The third-order valence-corrected chi connectivity index (χ3v) is 5.78. The maximum atomic E-state index is 10.2. The lowest BCUT2D eigenvalue weighted by molar-refractivity contribution is 0.183. The Bertz CT molecular complexity index is 541. The molecule has 0 amide bonds. The first-order valence-electron chi connectivity index (χ1n) is 11.1. The van der Waals surface area contributed by atoms with Gasteiger partial charge in [0.25, 0.3) is 0 Å². The predicted molar refractivity (Wildman–Crippen MR) is 118 cm³/mol. The zero-order valence-electron chi connectivity index (χ0n) is 18.5. The molecule has 0 aliphatic carbocycles. The van der Waals surface area contributed by atoms with E-state index >= 15 is 0 Å². The van der Waals surface area contributed by atoms with Gasteiger partial charge in [0, 0.05) is 5.54 Å². The molecule has 0 aromatic heterocycles. The smallest absolute Gasteiger partial charge is 0.160 e. The average Bonchev–Trinajstić information content (AvgIpc) is 2.67. The number of rotatable bonds is 15.